The predicted octanol–water partition coefficient (Wildman–Crippen LogP) is 7.31. The molecule has 0 radical (unpaired) electrons. The van der Waals surface area contributed by atoms with E-state index in [-0.39, 0.29) is 0 Å². The average molecular weight is 407 g/mol. The summed E-state index contributed by atoms with van der Waals surface area (Å²) in [6.45, 7) is 10.8. The third kappa shape index (κ3) is 5.21. The van der Waals surface area contributed by atoms with Crippen LogP contribution in [0.4, 0.5) is 0 Å². The topological polar surface area (TPSA) is 18.5 Å². The zero-order valence-electron chi connectivity index (χ0n) is 18.3. The molecule has 0 aliphatic carbocycles. The summed E-state index contributed by atoms with van der Waals surface area (Å²) in [6, 6.07) is 17.3. The first kappa shape index (κ1) is 21.4. The molecular weight excluding hydrogens is 372 g/mol. The number of unbranched alkanes of at least 4 members (excludes halogenated alkanes) is 2. The van der Waals surface area contributed by atoms with Gasteiger partial charge in [0.05, 0.1) is 13.2 Å². The van der Waals surface area contributed by atoms with Gasteiger partial charge in [0.1, 0.15) is 19.6 Å². The lowest BCUT2D eigenvalue weighted by Gasteiger charge is -2.26. The summed E-state index contributed by atoms with van der Waals surface area (Å²) in [5.41, 5.74) is 2.63. The minimum absolute atomic E-state index is 0.794. The second-order valence-corrected chi connectivity index (χ2v) is 12.6. The summed E-state index contributed by atoms with van der Waals surface area (Å²) in [7, 11) is -1.74. The van der Waals surface area contributed by atoms with E-state index in [2.05, 4.69) is 87.6 Å². The Kier molecular flexibility index (Phi) is 7.38. The third-order valence-corrected chi connectivity index (χ3v) is 9.23. The van der Waals surface area contributed by atoms with Crippen LogP contribution in [0.5, 0.6) is 11.5 Å². The van der Waals surface area contributed by atoms with Crippen LogP contribution >= 0.6 is 0 Å². The Hall–Kier alpha value is -2.26. The normalized spacial score (nSPS) is 15.0. The van der Waals surface area contributed by atoms with E-state index in [0.29, 0.717) is 0 Å². The molecule has 0 aromatic heterocycles. The summed E-state index contributed by atoms with van der Waals surface area (Å²) in [5.74, 6) is 1.93. The standard InChI is InChI=1S/C26H34O2Si/c1-5-7-19-27-23-13-9-21(10-14-23)25-17-18-26(29(25,3)4)22-11-15-24(16-12-22)28-20-8-6-2/h9-18H,5-8,19-20H2,1-4H3. The summed E-state index contributed by atoms with van der Waals surface area (Å²) in [4.78, 5) is 0. The largest absolute Gasteiger partial charge is 0.494 e. The molecule has 0 fully saturated rings. The van der Waals surface area contributed by atoms with E-state index in [1.54, 1.807) is 0 Å². The van der Waals surface area contributed by atoms with Crippen molar-refractivity contribution in [1.82, 2.24) is 0 Å². The van der Waals surface area contributed by atoms with Crippen molar-refractivity contribution in [1.29, 1.82) is 0 Å². The van der Waals surface area contributed by atoms with E-state index < -0.39 is 8.07 Å². The zero-order valence-corrected chi connectivity index (χ0v) is 19.3. The van der Waals surface area contributed by atoms with Crippen molar-refractivity contribution < 1.29 is 9.47 Å². The van der Waals surface area contributed by atoms with Gasteiger partial charge in [-0.1, -0.05) is 76.2 Å². The maximum absolute atomic E-state index is 5.82. The van der Waals surface area contributed by atoms with Gasteiger partial charge in [0, 0.05) is 0 Å². The highest BCUT2D eigenvalue weighted by molar-refractivity contribution is 7.09. The monoisotopic (exact) mass is 406 g/mol. The Morgan fingerprint density at radius 1 is 0.621 bits per heavy atom. The van der Waals surface area contributed by atoms with Crippen LogP contribution in [0.2, 0.25) is 13.1 Å². The van der Waals surface area contributed by atoms with Crippen LogP contribution < -0.4 is 9.47 Å². The Balaban J connectivity index is 1.68. The third-order valence-electron chi connectivity index (χ3n) is 5.63. The molecule has 0 saturated carbocycles. The highest BCUT2D eigenvalue weighted by Gasteiger charge is 2.35. The van der Waals surface area contributed by atoms with Gasteiger partial charge in [-0.25, -0.2) is 0 Å². The highest BCUT2D eigenvalue weighted by atomic mass is 28.3. The molecule has 2 aromatic rings. The molecule has 0 spiro atoms. The number of allylic oxidation sites excluding steroid dienone is 2. The van der Waals surface area contributed by atoms with Crippen molar-refractivity contribution in [3.8, 4) is 11.5 Å². The van der Waals surface area contributed by atoms with E-state index >= 15 is 0 Å². The van der Waals surface area contributed by atoms with Crippen molar-refractivity contribution in [3.05, 3.63) is 71.8 Å². The number of ether oxygens (including phenoxy) is 2. The minimum atomic E-state index is -1.74. The number of hydrogen-bond donors (Lipinski definition) is 0. The molecular formula is C26H34O2Si. The minimum Gasteiger partial charge on any atom is -0.494 e. The van der Waals surface area contributed by atoms with Crippen molar-refractivity contribution in [2.75, 3.05) is 13.2 Å². The molecule has 3 heteroatoms. The van der Waals surface area contributed by atoms with Crippen LogP contribution in [0.3, 0.4) is 0 Å². The predicted molar refractivity (Wildman–Crippen MR) is 127 cm³/mol. The molecule has 2 aromatic carbocycles. The lowest BCUT2D eigenvalue weighted by Crippen LogP contribution is -2.28. The van der Waals surface area contributed by atoms with Crippen LogP contribution in [-0.4, -0.2) is 21.3 Å². The Bertz CT molecular complexity index is 774. The van der Waals surface area contributed by atoms with Crippen LogP contribution in [0, 0.1) is 0 Å². The molecule has 0 amide bonds. The molecule has 1 heterocycles. The van der Waals surface area contributed by atoms with Crippen molar-refractivity contribution in [2.45, 2.75) is 52.6 Å². The number of hydrogen-bond acceptors (Lipinski definition) is 2. The second-order valence-electron chi connectivity index (χ2n) is 8.24. The SMILES string of the molecule is CCCCOc1ccc(C2=CC=C(c3ccc(OCCCC)cc3)[Si]2(C)C)cc1. The summed E-state index contributed by atoms with van der Waals surface area (Å²) >= 11 is 0. The molecule has 2 nitrogen and oxygen atoms in total. The maximum atomic E-state index is 5.82. The second kappa shape index (κ2) is 9.97. The van der Waals surface area contributed by atoms with Gasteiger partial charge in [0.2, 0.25) is 0 Å². The lowest BCUT2D eigenvalue weighted by atomic mass is 10.1. The molecule has 0 N–H and O–H groups in total. The highest BCUT2D eigenvalue weighted by Crippen LogP contribution is 2.41. The van der Waals surface area contributed by atoms with E-state index in [0.717, 1.165) is 50.4 Å². The zero-order chi connectivity index (χ0) is 20.7. The summed E-state index contributed by atoms with van der Waals surface area (Å²) < 4.78 is 11.6. The average Bonchev–Trinajstić information content (AvgIpc) is 3.04. The first-order valence-corrected chi connectivity index (χ1v) is 14.0. The molecule has 1 aliphatic rings. The Morgan fingerprint density at radius 3 is 1.34 bits per heavy atom. The van der Waals surface area contributed by atoms with Gasteiger partial charge in [-0.15, -0.1) is 0 Å². The van der Waals surface area contributed by atoms with Crippen molar-refractivity contribution in [2.24, 2.45) is 0 Å². The van der Waals surface area contributed by atoms with Gasteiger partial charge in [0.15, 0.2) is 0 Å². The lowest BCUT2D eigenvalue weighted by molar-refractivity contribution is 0.309. The van der Waals surface area contributed by atoms with E-state index in [9.17, 15) is 0 Å². The first-order valence-electron chi connectivity index (χ1n) is 11.0. The quantitative estimate of drug-likeness (QED) is 0.304. The van der Waals surface area contributed by atoms with Crippen LogP contribution in [-0.2, 0) is 0 Å². The Labute approximate surface area is 177 Å². The smallest absolute Gasteiger partial charge is 0.119 e. The maximum Gasteiger partial charge on any atom is 0.119 e. The van der Waals surface area contributed by atoms with Gasteiger partial charge >= 0.3 is 0 Å². The molecule has 29 heavy (non-hydrogen) atoms. The van der Waals surface area contributed by atoms with Crippen molar-refractivity contribution in [3.63, 3.8) is 0 Å². The van der Waals surface area contributed by atoms with Crippen LogP contribution in [0.1, 0.15) is 50.7 Å². The molecule has 0 bridgehead atoms. The van der Waals surface area contributed by atoms with E-state index in [1.165, 1.54) is 21.5 Å². The molecule has 1 aliphatic heterocycles. The fourth-order valence-electron chi connectivity index (χ4n) is 3.77. The van der Waals surface area contributed by atoms with Gasteiger partial charge in [-0.05, 0) is 58.6 Å². The molecule has 0 unspecified atom stereocenters. The van der Waals surface area contributed by atoms with Crippen LogP contribution in [0.15, 0.2) is 60.7 Å². The fraction of sp³-hybridized carbons (Fsp3) is 0.385. The Morgan fingerprint density at radius 2 is 1.00 bits per heavy atom. The van der Waals surface area contributed by atoms with Gasteiger partial charge in [-0.2, -0.15) is 0 Å². The molecule has 3 rings (SSSR count). The van der Waals surface area contributed by atoms with E-state index in [1.807, 2.05) is 0 Å². The van der Waals surface area contributed by atoms with E-state index in [4.69, 9.17) is 9.47 Å². The summed E-state index contributed by atoms with van der Waals surface area (Å²) in [6.07, 6.45) is 9.15. The molecule has 154 valence electrons. The summed E-state index contributed by atoms with van der Waals surface area (Å²) in [5, 5.41) is 2.96. The van der Waals surface area contributed by atoms with Crippen LogP contribution in [0.25, 0.3) is 10.4 Å². The van der Waals surface area contributed by atoms with Crippen molar-refractivity contribution >= 4 is 18.5 Å². The first-order chi connectivity index (χ1) is 14.1. The fourth-order valence-corrected chi connectivity index (χ4v) is 6.84. The number of rotatable bonds is 10. The number of benzene rings is 2. The molecule has 0 saturated heterocycles. The molecule has 0 atom stereocenters. The van der Waals surface area contributed by atoms with Gasteiger partial charge in [0.25, 0.3) is 0 Å². The van der Waals surface area contributed by atoms with Gasteiger partial charge in [-0.3, -0.25) is 0 Å². The van der Waals surface area contributed by atoms with Gasteiger partial charge < -0.3 is 9.47 Å².